The molecule has 39 heavy (non-hydrogen) atoms. The molecule has 2 nitrogen and oxygen atoms in total. The summed E-state index contributed by atoms with van der Waals surface area (Å²) in [6.07, 6.45) is 3.98. The minimum Gasteiger partial charge on any atom is -0.463 e. The number of aryl methyl sites for hydroxylation is 1. The second kappa shape index (κ2) is 10.0. The molecule has 0 unspecified atom stereocenters. The van der Waals surface area contributed by atoms with Crippen LogP contribution in [0.1, 0.15) is 43.4 Å². The molecule has 0 aromatic heterocycles. The number of esters is 1. The fourth-order valence-corrected chi connectivity index (χ4v) is 6.47. The van der Waals surface area contributed by atoms with E-state index < -0.39 is 0 Å². The lowest BCUT2D eigenvalue weighted by Crippen LogP contribution is -2.15. The Hall–Kier alpha value is -3.88. The van der Waals surface area contributed by atoms with Crippen molar-refractivity contribution in [3.05, 3.63) is 119 Å². The molecule has 0 bridgehead atoms. The zero-order valence-electron chi connectivity index (χ0n) is 22.4. The normalized spacial score (nSPS) is 13.3. The van der Waals surface area contributed by atoms with Gasteiger partial charge in [0.2, 0.25) is 0 Å². The Labute approximate surface area is 234 Å². The van der Waals surface area contributed by atoms with E-state index in [4.69, 9.17) is 16.3 Å². The molecule has 3 heteroatoms. The van der Waals surface area contributed by atoms with Crippen LogP contribution in [0.25, 0.3) is 43.8 Å². The monoisotopic (exact) mass is 530 g/mol. The van der Waals surface area contributed by atoms with Gasteiger partial charge in [-0.05, 0) is 75.0 Å². The SMILES string of the molecule is C=CC(=O)OCCCCc1ccc2c(c1)C(C)(C)c1cc(-c3c4ccccc4c(Cl)c4ccccc34)ccc1-2. The van der Waals surface area contributed by atoms with Gasteiger partial charge in [0.25, 0.3) is 0 Å². The number of carbonyl (C=O) groups excluding carboxylic acids is 1. The summed E-state index contributed by atoms with van der Waals surface area (Å²) in [5, 5.41) is 5.33. The van der Waals surface area contributed by atoms with E-state index in [9.17, 15) is 4.79 Å². The molecule has 6 rings (SSSR count). The Bertz CT molecular complexity index is 1710. The Morgan fingerprint density at radius 3 is 2.05 bits per heavy atom. The summed E-state index contributed by atoms with van der Waals surface area (Å²) in [5.74, 6) is -0.356. The van der Waals surface area contributed by atoms with Crippen molar-refractivity contribution in [1.82, 2.24) is 0 Å². The maximum Gasteiger partial charge on any atom is 0.330 e. The number of fused-ring (bicyclic) bond motifs is 5. The number of halogens is 1. The first-order chi connectivity index (χ1) is 18.9. The molecule has 0 amide bonds. The highest BCUT2D eigenvalue weighted by atomic mass is 35.5. The first-order valence-corrected chi connectivity index (χ1v) is 13.9. The Morgan fingerprint density at radius 1 is 0.821 bits per heavy atom. The predicted molar refractivity (Wildman–Crippen MR) is 164 cm³/mol. The number of unbranched alkanes of at least 4 members (excludes halogenated alkanes) is 1. The average molecular weight is 531 g/mol. The second-order valence-corrected chi connectivity index (χ2v) is 11.3. The number of carbonyl (C=O) groups is 1. The molecule has 0 spiro atoms. The van der Waals surface area contributed by atoms with Gasteiger partial charge in [0, 0.05) is 22.3 Å². The van der Waals surface area contributed by atoms with Crippen molar-refractivity contribution in [3.63, 3.8) is 0 Å². The summed E-state index contributed by atoms with van der Waals surface area (Å²) in [6.45, 7) is 8.54. The van der Waals surface area contributed by atoms with Crippen LogP contribution in [0.3, 0.4) is 0 Å². The third kappa shape index (κ3) is 4.33. The number of hydrogen-bond donors (Lipinski definition) is 0. The lowest BCUT2D eigenvalue weighted by molar-refractivity contribution is -0.137. The van der Waals surface area contributed by atoms with Crippen molar-refractivity contribution in [2.45, 2.75) is 38.5 Å². The van der Waals surface area contributed by atoms with Crippen molar-refractivity contribution < 1.29 is 9.53 Å². The first kappa shape index (κ1) is 25.4. The number of benzene rings is 5. The van der Waals surface area contributed by atoms with E-state index in [2.05, 4.69) is 105 Å². The third-order valence-electron chi connectivity index (χ3n) is 8.17. The number of hydrogen-bond acceptors (Lipinski definition) is 2. The van der Waals surface area contributed by atoms with Crippen LogP contribution in [0.2, 0.25) is 5.02 Å². The van der Waals surface area contributed by atoms with E-state index in [0.717, 1.165) is 35.1 Å². The molecule has 194 valence electrons. The van der Waals surface area contributed by atoms with Gasteiger partial charge in [-0.15, -0.1) is 0 Å². The van der Waals surface area contributed by atoms with Gasteiger partial charge < -0.3 is 4.74 Å². The van der Waals surface area contributed by atoms with Gasteiger partial charge >= 0.3 is 5.97 Å². The minimum atomic E-state index is -0.356. The van der Waals surface area contributed by atoms with Crippen LogP contribution in [-0.4, -0.2) is 12.6 Å². The van der Waals surface area contributed by atoms with E-state index in [1.54, 1.807) is 0 Å². The highest BCUT2D eigenvalue weighted by Crippen LogP contribution is 2.51. The highest BCUT2D eigenvalue weighted by Gasteiger charge is 2.36. The summed E-state index contributed by atoms with van der Waals surface area (Å²) in [7, 11) is 0. The second-order valence-electron chi connectivity index (χ2n) is 10.9. The quantitative estimate of drug-likeness (QED) is 0.0905. The number of rotatable bonds is 7. The maximum absolute atomic E-state index is 11.3. The Morgan fingerprint density at radius 2 is 1.41 bits per heavy atom. The zero-order valence-corrected chi connectivity index (χ0v) is 23.1. The van der Waals surface area contributed by atoms with Crippen LogP contribution in [0, 0.1) is 0 Å². The van der Waals surface area contributed by atoms with Crippen molar-refractivity contribution in [2.24, 2.45) is 0 Å². The highest BCUT2D eigenvalue weighted by molar-refractivity contribution is 6.42. The van der Waals surface area contributed by atoms with E-state index in [1.807, 2.05) is 0 Å². The van der Waals surface area contributed by atoms with Crippen molar-refractivity contribution in [2.75, 3.05) is 6.61 Å². The lowest BCUT2D eigenvalue weighted by Gasteiger charge is -2.23. The first-order valence-electron chi connectivity index (χ1n) is 13.6. The van der Waals surface area contributed by atoms with Gasteiger partial charge in [0.05, 0.1) is 11.6 Å². The minimum absolute atomic E-state index is 0.117. The van der Waals surface area contributed by atoms with Crippen LogP contribution in [0.5, 0.6) is 0 Å². The molecule has 0 heterocycles. The van der Waals surface area contributed by atoms with Crippen LogP contribution >= 0.6 is 11.6 Å². The predicted octanol–water partition coefficient (Wildman–Crippen LogP) is 9.67. The molecule has 0 N–H and O–H groups in total. The molecule has 0 atom stereocenters. The van der Waals surface area contributed by atoms with Gasteiger partial charge in [-0.3, -0.25) is 0 Å². The Kier molecular flexibility index (Phi) is 6.53. The summed E-state index contributed by atoms with van der Waals surface area (Å²) in [6, 6.07) is 30.7. The zero-order chi connectivity index (χ0) is 27.1. The fraction of sp³-hybridized carbons (Fsp3) is 0.194. The molecular formula is C36H31ClO2. The van der Waals surface area contributed by atoms with Crippen LogP contribution in [-0.2, 0) is 21.4 Å². The third-order valence-corrected chi connectivity index (χ3v) is 8.57. The van der Waals surface area contributed by atoms with E-state index in [1.165, 1.54) is 55.8 Å². The standard InChI is InChI=1S/C36H31ClO2/c1-4-33(38)39-20-10-9-11-23-16-18-25-26-19-17-24(22-32(26)36(2,3)31(25)21-23)34-27-12-5-7-14-29(27)35(37)30-15-8-6-13-28(30)34/h4-8,12-19,21-22H,1,9-11,20H2,2-3H3. The molecule has 0 saturated heterocycles. The molecule has 0 aliphatic heterocycles. The molecule has 1 aliphatic carbocycles. The van der Waals surface area contributed by atoms with Gasteiger partial charge in [-0.2, -0.15) is 0 Å². The van der Waals surface area contributed by atoms with E-state index >= 15 is 0 Å². The van der Waals surface area contributed by atoms with Gasteiger partial charge in [-0.25, -0.2) is 4.79 Å². The molecule has 5 aromatic rings. The van der Waals surface area contributed by atoms with Crippen LogP contribution in [0.15, 0.2) is 97.6 Å². The molecule has 5 aromatic carbocycles. The lowest BCUT2D eigenvalue weighted by atomic mass is 9.80. The average Bonchev–Trinajstić information content (AvgIpc) is 3.18. The Balaban J connectivity index is 1.37. The van der Waals surface area contributed by atoms with E-state index in [-0.39, 0.29) is 11.4 Å². The topological polar surface area (TPSA) is 26.3 Å². The fourth-order valence-electron chi connectivity index (χ4n) is 6.14. The number of ether oxygens (including phenoxy) is 1. The molecule has 1 aliphatic rings. The van der Waals surface area contributed by atoms with Crippen LogP contribution < -0.4 is 0 Å². The summed E-state index contributed by atoms with van der Waals surface area (Å²) < 4.78 is 5.12. The summed E-state index contributed by atoms with van der Waals surface area (Å²) in [4.78, 5) is 11.3. The molecule has 0 saturated carbocycles. The van der Waals surface area contributed by atoms with Crippen molar-refractivity contribution in [1.29, 1.82) is 0 Å². The van der Waals surface area contributed by atoms with Gasteiger partial charge in [-0.1, -0.05) is 111 Å². The molecular weight excluding hydrogens is 500 g/mol. The van der Waals surface area contributed by atoms with Crippen LogP contribution in [0.4, 0.5) is 0 Å². The largest absolute Gasteiger partial charge is 0.463 e. The molecule has 0 radical (unpaired) electrons. The van der Waals surface area contributed by atoms with E-state index in [0.29, 0.717) is 6.61 Å². The smallest absolute Gasteiger partial charge is 0.330 e. The molecule has 0 fully saturated rings. The van der Waals surface area contributed by atoms with Gasteiger partial charge in [0.1, 0.15) is 0 Å². The summed E-state index contributed by atoms with van der Waals surface area (Å²) >= 11 is 6.90. The van der Waals surface area contributed by atoms with Gasteiger partial charge in [0.15, 0.2) is 0 Å². The van der Waals surface area contributed by atoms with Crippen molar-refractivity contribution in [3.8, 4) is 22.3 Å². The van der Waals surface area contributed by atoms with Crippen molar-refractivity contribution >= 4 is 39.1 Å². The maximum atomic E-state index is 11.3. The summed E-state index contributed by atoms with van der Waals surface area (Å²) in [5.41, 5.74) is 9.00.